The Morgan fingerprint density at radius 3 is 2.33 bits per heavy atom. The first-order valence-corrected chi connectivity index (χ1v) is 7.87. The van der Waals surface area contributed by atoms with Crippen molar-refractivity contribution in [3.05, 3.63) is 95.6 Å². The van der Waals surface area contributed by atoms with Gasteiger partial charge in [-0.05, 0) is 24.3 Å². The summed E-state index contributed by atoms with van der Waals surface area (Å²) in [6.45, 7) is 1.50. The van der Waals surface area contributed by atoms with Crippen LogP contribution in [0.25, 0.3) is 0 Å². The highest BCUT2D eigenvalue weighted by Gasteiger charge is 2.05. The molecule has 0 saturated carbocycles. The summed E-state index contributed by atoms with van der Waals surface area (Å²) in [6, 6.07) is 20.4. The fraction of sp³-hybridized carbons (Fsp3) is 0.150. The quantitative estimate of drug-likeness (QED) is 0.711. The van der Waals surface area contributed by atoms with Gasteiger partial charge in [0.05, 0.1) is 5.69 Å². The number of pyridine rings is 1. The lowest BCUT2D eigenvalue weighted by atomic mass is 10.1. The lowest BCUT2D eigenvalue weighted by Crippen LogP contribution is -2.14. The van der Waals surface area contributed by atoms with Gasteiger partial charge in [0.1, 0.15) is 18.2 Å². The van der Waals surface area contributed by atoms with Gasteiger partial charge in [-0.3, -0.25) is 4.98 Å². The molecule has 0 spiro atoms. The Balaban J connectivity index is 1.59. The number of hydrogen-bond donors (Lipinski definition) is 1. The Bertz CT molecular complexity index is 777. The van der Waals surface area contributed by atoms with Crippen LogP contribution in [0.2, 0.25) is 0 Å². The molecule has 1 N–H and O–H groups in total. The van der Waals surface area contributed by atoms with Crippen molar-refractivity contribution in [2.45, 2.75) is 19.7 Å². The number of aromatic nitrogens is 1. The first-order chi connectivity index (χ1) is 11.8. The minimum absolute atomic E-state index is 0.190. The molecule has 0 radical (unpaired) electrons. The van der Waals surface area contributed by atoms with E-state index in [0.717, 1.165) is 17.0 Å². The Labute approximate surface area is 141 Å². The summed E-state index contributed by atoms with van der Waals surface area (Å²) in [5, 5.41) is 3.26. The van der Waals surface area contributed by atoms with Crippen LogP contribution >= 0.6 is 0 Å². The third-order valence-electron chi connectivity index (χ3n) is 3.66. The van der Waals surface area contributed by atoms with Crippen LogP contribution in [0.15, 0.2) is 72.9 Å². The zero-order chi connectivity index (χ0) is 16.6. The molecule has 3 aromatic rings. The highest BCUT2D eigenvalue weighted by Crippen LogP contribution is 2.19. The van der Waals surface area contributed by atoms with Crippen molar-refractivity contribution in [1.29, 1.82) is 0 Å². The van der Waals surface area contributed by atoms with Gasteiger partial charge in [-0.1, -0.05) is 42.5 Å². The zero-order valence-corrected chi connectivity index (χ0v) is 13.3. The maximum Gasteiger partial charge on any atom is 0.130 e. The van der Waals surface area contributed by atoms with E-state index in [-0.39, 0.29) is 5.82 Å². The van der Waals surface area contributed by atoms with Crippen molar-refractivity contribution in [2.75, 3.05) is 0 Å². The number of hydrogen-bond acceptors (Lipinski definition) is 3. The van der Waals surface area contributed by atoms with Gasteiger partial charge < -0.3 is 10.1 Å². The van der Waals surface area contributed by atoms with E-state index >= 15 is 0 Å². The molecule has 24 heavy (non-hydrogen) atoms. The molecule has 0 aliphatic rings. The van der Waals surface area contributed by atoms with Crippen molar-refractivity contribution in [1.82, 2.24) is 10.3 Å². The van der Waals surface area contributed by atoms with Gasteiger partial charge in [0.15, 0.2) is 0 Å². The van der Waals surface area contributed by atoms with Crippen LogP contribution in [0.4, 0.5) is 4.39 Å². The number of rotatable bonds is 7. The van der Waals surface area contributed by atoms with E-state index < -0.39 is 0 Å². The molecule has 0 amide bonds. The summed E-state index contributed by atoms with van der Waals surface area (Å²) in [7, 11) is 0. The lowest BCUT2D eigenvalue weighted by Gasteiger charge is -2.12. The molecule has 0 atom stereocenters. The summed E-state index contributed by atoms with van der Waals surface area (Å²) in [6.07, 6.45) is 1.75. The zero-order valence-electron chi connectivity index (χ0n) is 13.3. The molecule has 122 valence electrons. The number of nitrogens with zero attached hydrogens (tertiary/aromatic N) is 1. The van der Waals surface area contributed by atoms with E-state index in [1.54, 1.807) is 18.3 Å². The van der Waals surface area contributed by atoms with Crippen LogP contribution in [-0.2, 0) is 19.7 Å². The molecule has 0 bridgehead atoms. The predicted molar refractivity (Wildman–Crippen MR) is 92.0 cm³/mol. The van der Waals surface area contributed by atoms with Crippen LogP contribution in [-0.4, -0.2) is 4.98 Å². The molecule has 2 aromatic carbocycles. The minimum atomic E-state index is -0.190. The second-order valence-electron chi connectivity index (χ2n) is 5.41. The first-order valence-electron chi connectivity index (χ1n) is 7.87. The van der Waals surface area contributed by atoms with Gasteiger partial charge in [-0.2, -0.15) is 0 Å². The highest BCUT2D eigenvalue weighted by atomic mass is 19.1. The van der Waals surface area contributed by atoms with Crippen molar-refractivity contribution >= 4 is 0 Å². The molecular formula is C20H19FN2O. The molecule has 0 aliphatic heterocycles. The monoisotopic (exact) mass is 322 g/mol. The summed E-state index contributed by atoms with van der Waals surface area (Å²) in [5.74, 6) is 0.619. The van der Waals surface area contributed by atoms with Gasteiger partial charge in [-0.25, -0.2) is 4.39 Å². The number of ether oxygens (including phenoxy) is 1. The first kappa shape index (κ1) is 16.1. The Morgan fingerprint density at radius 2 is 1.54 bits per heavy atom. The number of nitrogens with one attached hydrogen (secondary N) is 1. The van der Waals surface area contributed by atoms with Crippen LogP contribution < -0.4 is 10.1 Å². The predicted octanol–water partition coefficient (Wildman–Crippen LogP) is 4.09. The molecule has 0 unspecified atom stereocenters. The SMILES string of the molecule is Fc1ccccc1CNCc1ccccc1OCc1ccccn1. The second-order valence-corrected chi connectivity index (χ2v) is 5.41. The van der Waals surface area contributed by atoms with Gasteiger partial charge >= 0.3 is 0 Å². The molecular weight excluding hydrogens is 303 g/mol. The highest BCUT2D eigenvalue weighted by molar-refractivity contribution is 5.33. The van der Waals surface area contributed by atoms with Crippen molar-refractivity contribution < 1.29 is 9.13 Å². The minimum Gasteiger partial charge on any atom is -0.487 e. The summed E-state index contributed by atoms with van der Waals surface area (Å²) in [5.41, 5.74) is 2.57. The van der Waals surface area contributed by atoms with Crippen molar-refractivity contribution in [3.63, 3.8) is 0 Å². The van der Waals surface area contributed by atoms with Gasteiger partial charge in [-0.15, -0.1) is 0 Å². The maximum atomic E-state index is 13.6. The van der Waals surface area contributed by atoms with Crippen molar-refractivity contribution in [3.8, 4) is 5.75 Å². The number of halogens is 1. The summed E-state index contributed by atoms with van der Waals surface area (Å²) >= 11 is 0. The van der Waals surface area contributed by atoms with E-state index in [1.165, 1.54) is 6.07 Å². The molecule has 0 saturated heterocycles. The van der Waals surface area contributed by atoms with Gasteiger partial charge in [0.25, 0.3) is 0 Å². The van der Waals surface area contributed by atoms with E-state index in [0.29, 0.717) is 25.3 Å². The second kappa shape index (κ2) is 8.22. The molecule has 0 aliphatic carbocycles. The Morgan fingerprint density at radius 1 is 0.833 bits per heavy atom. The normalized spacial score (nSPS) is 10.5. The summed E-state index contributed by atoms with van der Waals surface area (Å²) in [4.78, 5) is 4.25. The van der Waals surface area contributed by atoms with E-state index in [9.17, 15) is 4.39 Å². The molecule has 0 fully saturated rings. The Kier molecular flexibility index (Phi) is 5.53. The van der Waals surface area contributed by atoms with Crippen LogP contribution in [0.3, 0.4) is 0 Å². The summed E-state index contributed by atoms with van der Waals surface area (Å²) < 4.78 is 19.5. The fourth-order valence-electron chi connectivity index (χ4n) is 2.40. The fourth-order valence-corrected chi connectivity index (χ4v) is 2.40. The van der Waals surface area contributed by atoms with Crippen LogP contribution in [0.1, 0.15) is 16.8 Å². The smallest absolute Gasteiger partial charge is 0.130 e. The van der Waals surface area contributed by atoms with Crippen molar-refractivity contribution in [2.24, 2.45) is 0 Å². The van der Waals surface area contributed by atoms with Gasteiger partial charge in [0, 0.05) is 30.4 Å². The van der Waals surface area contributed by atoms with E-state index in [1.807, 2.05) is 48.5 Å². The molecule has 1 heterocycles. The molecule has 4 heteroatoms. The molecule has 1 aromatic heterocycles. The third kappa shape index (κ3) is 4.40. The maximum absolute atomic E-state index is 13.6. The van der Waals surface area contributed by atoms with Crippen LogP contribution in [0.5, 0.6) is 5.75 Å². The number of benzene rings is 2. The average molecular weight is 322 g/mol. The van der Waals surface area contributed by atoms with E-state index in [4.69, 9.17) is 4.74 Å². The number of para-hydroxylation sites is 1. The van der Waals surface area contributed by atoms with E-state index in [2.05, 4.69) is 10.3 Å². The molecule has 3 rings (SSSR count). The average Bonchev–Trinajstić information content (AvgIpc) is 2.63. The standard InChI is InChI=1S/C20H19FN2O/c21-19-10-3-1-7-16(19)13-22-14-17-8-2-4-11-20(17)24-15-18-9-5-6-12-23-18/h1-12,22H,13-15H2. The largest absolute Gasteiger partial charge is 0.487 e. The Hall–Kier alpha value is -2.72. The van der Waals surface area contributed by atoms with Crippen LogP contribution in [0, 0.1) is 5.82 Å². The lowest BCUT2D eigenvalue weighted by molar-refractivity contribution is 0.297. The molecule has 3 nitrogen and oxygen atoms in total. The third-order valence-corrected chi connectivity index (χ3v) is 3.66. The van der Waals surface area contributed by atoms with Gasteiger partial charge in [0.2, 0.25) is 0 Å². The topological polar surface area (TPSA) is 34.1 Å².